The van der Waals surface area contributed by atoms with Crippen LogP contribution in [0, 0.1) is 0 Å². The van der Waals surface area contributed by atoms with Crippen molar-refractivity contribution in [2.45, 2.75) is 7.43 Å². The third-order valence-corrected chi connectivity index (χ3v) is 10.3. The minimum Gasteiger partial charge on any atom is -0.309 e. The zero-order chi connectivity index (χ0) is 26.6. The first kappa shape index (κ1) is 26.0. The van der Waals surface area contributed by atoms with E-state index in [1.807, 2.05) is 22.7 Å². The third kappa shape index (κ3) is 4.34. The molecular weight excluding hydrogens is 602 g/mol. The van der Waals surface area contributed by atoms with Crippen LogP contribution in [0.3, 0.4) is 0 Å². The summed E-state index contributed by atoms with van der Waals surface area (Å²) in [6.45, 7) is 0. The smallest absolute Gasteiger partial charge is 0.0541 e. The summed E-state index contributed by atoms with van der Waals surface area (Å²) in [5, 5.41) is 7.99. The van der Waals surface area contributed by atoms with Gasteiger partial charge in [0.05, 0.1) is 11.0 Å². The zero-order valence-electron chi connectivity index (χ0n) is 21.3. The number of nitrogens with zero attached hydrogens (tertiary/aromatic N) is 1. The van der Waals surface area contributed by atoms with Crippen molar-refractivity contribution in [3.63, 3.8) is 0 Å². The summed E-state index contributed by atoms with van der Waals surface area (Å²) < 4.78 is 8.94. The molecular formula is C37H26BrNS2. The van der Waals surface area contributed by atoms with E-state index < -0.39 is 0 Å². The Bertz CT molecular complexity index is 2300. The van der Waals surface area contributed by atoms with Crippen LogP contribution in [0.1, 0.15) is 7.43 Å². The van der Waals surface area contributed by atoms with Gasteiger partial charge in [-0.2, -0.15) is 0 Å². The van der Waals surface area contributed by atoms with Crippen molar-refractivity contribution in [1.82, 2.24) is 4.57 Å². The number of benzene rings is 6. The summed E-state index contributed by atoms with van der Waals surface area (Å²) in [5.41, 5.74) is 3.73. The second-order valence-electron chi connectivity index (χ2n) is 9.89. The van der Waals surface area contributed by atoms with Gasteiger partial charge in [0.1, 0.15) is 0 Å². The van der Waals surface area contributed by atoms with Crippen LogP contribution in [0.25, 0.3) is 67.8 Å². The molecule has 0 spiro atoms. The average Bonchev–Trinajstić information content (AvgIpc) is 3.66. The van der Waals surface area contributed by atoms with Crippen molar-refractivity contribution >= 4 is 101 Å². The van der Waals surface area contributed by atoms with Gasteiger partial charge in [0.15, 0.2) is 0 Å². The molecule has 0 saturated carbocycles. The normalized spacial score (nSPS) is 11.3. The molecule has 0 aliphatic carbocycles. The Morgan fingerprint density at radius 1 is 0.415 bits per heavy atom. The molecule has 4 heteroatoms. The Morgan fingerprint density at radius 2 is 0.854 bits per heavy atom. The topological polar surface area (TPSA) is 4.93 Å². The fraction of sp³-hybridized carbons (Fsp3) is 0.0270. The molecule has 41 heavy (non-hydrogen) atoms. The van der Waals surface area contributed by atoms with Gasteiger partial charge in [-0.3, -0.25) is 0 Å². The Labute approximate surface area is 255 Å². The molecule has 0 amide bonds. The highest BCUT2D eigenvalue weighted by atomic mass is 79.9. The lowest BCUT2D eigenvalue weighted by Gasteiger charge is -2.08. The van der Waals surface area contributed by atoms with Gasteiger partial charge in [-0.1, -0.05) is 96.2 Å². The quantitative estimate of drug-likeness (QED) is 0.170. The summed E-state index contributed by atoms with van der Waals surface area (Å²) >= 11 is 7.22. The second-order valence-corrected chi connectivity index (χ2v) is 13.0. The number of thiophene rings is 2. The number of hydrogen-bond donors (Lipinski definition) is 0. The summed E-state index contributed by atoms with van der Waals surface area (Å²) in [6.07, 6.45) is 0. The maximum atomic E-state index is 3.51. The van der Waals surface area contributed by atoms with Crippen LogP contribution in [0.15, 0.2) is 138 Å². The van der Waals surface area contributed by atoms with Crippen LogP contribution in [0.2, 0.25) is 0 Å². The molecule has 0 aliphatic rings. The number of hydrogen-bond acceptors (Lipinski definition) is 2. The molecule has 0 fully saturated rings. The molecule has 6 aromatic carbocycles. The molecule has 9 aromatic rings. The summed E-state index contributed by atoms with van der Waals surface area (Å²) in [6, 6.07) is 47.9. The van der Waals surface area contributed by atoms with Gasteiger partial charge in [-0.05, 0) is 60.7 Å². The first-order valence-electron chi connectivity index (χ1n) is 13.2. The van der Waals surface area contributed by atoms with Crippen molar-refractivity contribution in [3.05, 3.63) is 138 Å². The van der Waals surface area contributed by atoms with E-state index in [1.54, 1.807) is 0 Å². The zero-order valence-corrected chi connectivity index (χ0v) is 24.6. The van der Waals surface area contributed by atoms with E-state index in [4.69, 9.17) is 0 Å². The van der Waals surface area contributed by atoms with Gasteiger partial charge in [-0.25, -0.2) is 0 Å². The third-order valence-electron chi connectivity index (χ3n) is 7.54. The Balaban J connectivity index is 0.000000156. The predicted molar refractivity (Wildman–Crippen MR) is 187 cm³/mol. The monoisotopic (exact) mass is 627 g/mol. The lowest BCUT2D eigenvalue weighted by molar-refractivity contribution is 1.19. The Kier molecular flexibility index (Phi) is 6.63. The van der Waals surface area contributed by atoms with Crippen LogP contribution in [-0.2, 0) is 0 Å². The van der Waals surface area contributed by atoms with E-state index in [0.717, 1.165) is 4.47 Å². The number of halogens is 1. The molecule has 0 atom stereocenters. The molecule has 0 bridgehead atoms. The first-order valence-corrected chi connectivity index (χ1v) is 15.6. The molecule has 0 unspecified atom stereocenters. The highest BCUT2D eigenvalue weighted by molar-refractivity contribution is 9.10. The lowest BCUT2D eigenvalue weighted by atomic mass is 10.1. The molecule has 0 N–H and O–H groups in total. The van der Waals surface area contributed by atoms with Crippen molar-refractivity contribution in [1.29, 1.82) is 0 Å². The van der Waals surface area contributed by atoms with Crippen molar-refractivity contribution in [2.75, 3.05) is 0 Å². The van der Waals surface area contributed by atoms with Crippen LogP contribution >= 0.6 is 38.6 Å². The fourth-order valence-corrected chi connectivity index (χ4v) is 8.29. The van der Waals surface area contributed by atoms with Crippen LogP contribution < -0.4 is 0 Å². The van der Waals surface area contributed by atoms with Crippen molar-refractivity contribution in [2.24, 2.45) is 0 Å². The number of aromatic nitrogens is 1. The number of fused-ring (bicyclic) bond motifs is 9. The SMILES string of the molecule is Brc1ccc2sc3ccccc3c2c1.C.c1ccc2c(c1)sc1ccc(-n3c4ccccc4c4ccccc43)cc12. The van der Waals surface area contributed by atoms with Gasteiger partial charge in [0.25, 0.3) is 0 Å². The minimum atomic E-state index is 0. The van der Waals surface area contributed by atoms with Crippen molar-refractivity contribution < 1.29 is 0 Å². The average molecular weight is 629 g/mol. The number of rotatable bonds is 1. The van der Waals surface area contributed by atoms with E-state index >= 15 is 0 Å². The van der Waals surface area contributed by atoms with E-state index in [-0.39, 0.29) is 7.43 Å². The van der Waals surface area contributed by atoms with Crippen LogP contribution in [0.4, 0.5) is 0 Å². The van der Waals surface area contributed by atoms with E-state index in [1.165, 1.54) is 67.8 Å². The Morgan fingerprint density at radius 3 is 1.44 bits per heavy atom. The van der Waals surface area contributed by atoms with E-state index in [9.17, 15) is 0 Å². The van der Waals surface area contributed by atoms with Gasteiger partial charge in [-0.15, -0.1) is 22.7 Å². The molecule has 0 radical (unpaired) electrons. The first-order chi connectivity index (χ1) is 19.7. The van der Waals surface area contributed by atoms with Crippen LogP contribution in [0.5, 0.6) is 0 Å². The summed E-state index contributed by atoms with van der Waals surface area (Å²) in [4.78, 5) is 0. The standard InChI is InChI=1S/C24H15NS.C12H7BrS.CH4/c1-4-10-21-17(7-1)18-8-2-5-11-22(18)25(21)16-13-14-24-20(15-16)19-9-3-6-12-23(19)26-24;13-8-5-6-12-10(7-8)9-3-1-2-4-11(9)14-12;/h1-15H;1-7H;1H4. The molecule has 0 saturated heterocycles. The molecule has 9 rings (SSSR count). The predicted octanol–water partition coefficient (Wildman–Crippen LogP) is 12.6. The van der Waals surface area contributed by atoms with Crippen LogP contribution in [-0.4, -0.2) is 4.57 Å². The molecule has 0 aliphatic heterocycles. The summed E-state index contributed by atoms with van der Waals surface area (Å²) in [7, 11) is 0. The van der Waals surface area contributed by atoms with Gasteiger partial charge in [0, 0.05) is 61.3 Å². The molecule has 198 valence electrons. The van der Waals surface area contributed by atoms with Crippen molar-refractivity contribution in [3.8, 4) is 5.69 Å². The van der Waals surface area contributed by atoms with Gasteiger partial charge >= 0.3 is 0 Å². The minimum absolute atomic E-state index is 0. The van der Waals surface area contributed by atoms with Gasteiger partial charge < -0.3 is 4.57 Å². The molecule has 3 aromatic heterocycles. The largest absolute Gasteiger partial charge is 0.309 e. The molecule has 1 nitrogen and oxygen atoms in total. The van der Waals surface area contributed by atoms with E-state index in [2.05, 4.69) is 154 Å². The summed E-state index contributed by atoms with van der Waals surface area (Å²) in [5.74, 6) is 0. The lowest BCUT2D eigenvalue weighted by Crippen LogP contribution is -1.93. The van der Waals surface area contributed by atoms with E-state index in [0.29, 0.717) is 0 Å². The maximum Gasteiger partial charge on any atom is 0.0541 e. The highest BCUT2D eigenvalue weighted by Crippen LogP contribution is 2.38. The molecule has 3 heterocycles. The second kappa shape index (κ2) is 10.5. The maximum absolute atomic E-state index is 3.51. The Hall–Kier alpha value is -3.96. The fourth-order valence-electron chi connectivity index (χ4n) is 5.75. The van der Waals surface area contributed by atoms with Gasteiger partial charge in [0.2, 0.25) is 0 Å². The highest BCUT2D eigenvalue weighted by Gasteiger charge is 2.13. The number of para-hydroxylation sites is 2.